The molecule has 0 aromatic heterocycles. The first-order chi connectivity index (χ1) is 5.25. The first kappa shape index (κ1) is 11.6. The van der Waals surface area contributed by atoms with E-state index in [1.165, 1.54) is 0 Å². The molecule has 69 valence electrons. The molecule has 0 amide bonds. The fraction of sp³-hybridized carbons (Fsp3) is 0.700. The monoisotopic (exact) mass is 183 g/mol. The number of rotatable bonds is 3. The van der Waals surface area contributed by atoms with Crippen molar-refractivity contribution in [1.29, 1.82) is 0 Å². The number of Topliss-reactive ketones (excluding diaryl/α,β-unsaturated/α-hetero) is 1. The zero-order valence-corrected chi connectivity index (χ0v) is 9.82. The molecule has 12 heavy (non-hydrogen) atoms. The Hall–Kier alpha value is -0.373. The van der Waals surface area contributed by atoms with Crippen molar-refractivity contribution in [2.75, 3.05) is 0 Å². The van der Waals surface area contributed by atoms with E-state index in [4.69, 9.17) is 0 Å². The third-order valence-corrected chi connectivity index (χ3v) is 5.59. The van der Waals surface area contributed by atoms with E-state index in [1.54, 1.807) is 6.92 Å². The minimum Gasteiger partial charge on any atom is -0.295 e. The lowest BCUT2D eigenvalue weighted by Crippen LogP contribution is -2.24. The number of allylic oxidation sites excluding steroid dienone is 1. The predicted octanol–water partition coefficient (Wildman–Crippen LogP) is 3.06. The smallest absolute Gasteiger partial charge is 0.155 e. The lowest BCUT2D eigenvalue weighted by atomic mass is 10.2. The van der Waals surface area contributed by atoms with Gasteiger partial charge in [0.15, 0.2) is 5.78 Å². The summed E-state index contributed by atoms with van der Waals surface area (Å²) in [7, 11) is -0.559. The van der Waals surface area contributed by atoms with Crippen LogP contribution in [0.2, 0.25) is 17.6 Å². The van der Waals surface area contributed by atoms with Crippen molar-refractivity contribution >= 4 is 14.6 Å². The first-order valence-corrected chi connectivity index (χ1v) is 6.47. The molecule has 0 unspecified atom stereocenters. The second kappa shape index (κ2) is 4.03. The molecule has 0 spiro atoms. The summed E-state index contributed by atoms with van der Waals surface area (Å²) in [6.07, 6.45) is 0. The molecule has 0 aliphatic rings. The van der Waals surface area contributed by atoms with Crippen LogP contribution >= 0.6 is 0 Å². The van der Waals surface area contributed by atoms with E-state index in [0.717, 1.165) is 6.04 Å². The van der Waals surface area contributed by atoms with Crippen molar-refractivity contribution in [3.05, 3.63) is 12.2 Å². The van der Waals surface area contributed by atoms with Gasteiger partial charge in [-0.05, 0) is 17.5 Å². The van der Waals surface area contributed by atoms with E-state index in [-0.39, 0.29) is 5.78 Å². The first-order valence-electron chi connectivity index (χ1n) is 4.26. The summed E-state index contributed by atoms with van der Waals surface area (Å²) in [5.41, 5.74) is 0.698. The predicted molar refractivity (Wildman–Crippen MR) is 56.0 cm³/mol. The molecule has 0 rings (SSSR count). The van der Waals surface area contributed by atoms with E-state index in [0.29, 0.717) is 10.6 Å². The Morgan fingerprint density at radius 2 is 1.83 bits per heavy atom. The van der Waals surface area contributed by atoms with E-state index in [2.05, 4.69) is 33.9 Å². The standard InChI is InChI=1S/C10H19OSi/c1-8(2)9(11)7-12(6)10(3,4)5/h1,7H2,2-6H3. The minimum absolute atomic E-state index is 0.237. The highest BCUT2D eigenvalue weighted by atomic mass is 28.3. The number of hydrogen-bond acceptors (Lipinski definition) is 1. The van der Waals surface area contributed by atoms with Crippen molar-refractivity contribution < 1.29 is 4.79 Å². The van der Waals surface area contributed by atoms with Gasteiger partial charge in [0.2, 0.25) is 0 Å². The molecule has 0 aliphatic heterocycles. The van der Waals surface area contributed by atoms with Gasteiger partial charge in [-0.25, -0.2) is 0 Å². The molecule has 0 bridgehead atoms. The summed E-state index contributed by atoms with van der Waals surface area (Å²) < 4.78 is 0. The minimum atomic E-state index is -0.559. The van der Waals surface area contributed by atoms with Gasteiger partial charge in [-0.15, -0.1) is 0 Å². The quantitative estimate of drug-likeness (QED) is 0.485. The van der Waals surface area contributed by atoms with E-state index in [1.807, 2.05) is 0 Å². The molecule has 0 N–H and O–H groups in total. The highest BCUT2D eigenvalue weighted by Gasteiger charge is 2.24. The molecular formula is C10H19OSi. The largest absolute Gasteiger partial charge is 0.295 e. The maximum atomic E-state index is 11.3. The SMILES string of the molecule is C=C(C)C(=O)C[Si](C)C(C)(C)C. The van der Waals surface area contributed by atoms with Crippen molar-refractivity contribution in [2.24, 2.45) is 0 Å². The van der Waals surface area contributed by atoms with Crippen LogP contribution in [0.15, 0.2) is 12.2 Å². The number of carbonyl (C=O) groups is 1. The summed E-state index contributed by atoms with van der Waals surface area (Å²) in [6.45, 7) is 14.3. The Morgan fingerprint density at radius 1 is 1.42 bits per heavy atom. The molecule has 0 saturated heterocycles. The van der Waals surface area contributed by atoms with Gasteiger partial charge in [0.05, 0.1) is 8.80 Å². The lowest BCUT2D eigenvalue weighted by molar-refractivity contribution is -0.113. The number of ketones is 1. The summed E-state index contributed by atoms with van der Waals surface area (Å²) >= 11 is 0. The van der Waals surface area contributed by atoms with Gasteiger partial charge in [-0.3, -0.25) is 4.79 Å². The molecule has 0 aromatic carbocycles. The second-order valence-electron chi connectivity index (χ2n) is 4.41. The molecule has 1 nitrogen and oxygen atoms in total. The molecule has 0 saturated carbocycles. The van der Waals surface area contributed by atoms with Gasteiger partial charge in [0.1, 0.15) is 0 Å². The Labute approximate surface area is 77.5 Å². The van der Waals surface area contributed by atoms with Gasteiger partial charge in [0, 0.05) is 6.04 Å². The van der Waals surface area contributed by atoms with Gasteiger partial charge < -0.3 is 0 Å². The molecule has 0 fully saturated rings. The molecule has 1 radical (unpaired) electrons. The van der Waals surface area contributed by atoms with Crippen LogP contribution in [-0.4, -0.2) is 14.6 Å². The van der Waals surface area contributed by atoms with E-state index >= 15 is 0 Å². The average Bonchev–Trinajstić information content (AvgIpc) is 1.85. The van der Waals surface area contributed by atoms with Gasteiger partial charge in [-0.1, -0.05) is 33.9 Å². The van der Waals surface area contributed by atoms with Crippen LogP contribution in [0.25, 0.3) is 0 Å². The Bertz CT molecular complexity index is 189. The van der Waals surface area contributed by atoms with Crippen LogP contribution in [0.5, 0.6) is 0 Å². The van der Waals surface area contributed by atoms with E-state index in [9.17, 15) is 4.79 Å². The van der Waals surface area contributed by atoms with Crippen molar-refractivity contribution in [3.8, 4) is 0 Å². The Balaban J connectivity index is 4.11. The fourth-order valence-electron chi connectivity index (χ4n) is 0.657. The van der Waals surface area contributed by atoms with Crippen LogP contribution in [0.3, 0.4) is 0 Å². The Kier molecular flexibility index (Phi) is 3.91. The molecule has 0 aromatic rings. The summed E-state index contributed by atoms with van der Waals surface area (Å²) in [5, 5.41) is 0.315. The third-order valence-electron chi connectivity index (χ3n) is 2.18. The zero-order valence-electron chi connectivity index (χ0n) is 8.82. The van der Waals surface area contributed by atoms with Crippen LogP contribution in [0, 0.1) is 0 Å². The topological polar surface area (TPSA) is 17.1 Å². The highest BCUT2D eigenvalue weighted by Crippen LogP contribution is 2.29. The molecule has 2 heteroatoms. The fourth-order valence-corrected chi connectivity index (χ4v) is 1.97. The average molecular weight is 183 g/mol. The van der Waals surface area contributed by atoms with Gasteiger partial charge in [0.25, 0.3) is 0 Å². The van der Waals surface area contributed by atoms with Crippen LogP contribution in [0.4, 0.5) is 0 Å². The van der Waals surface area contributed by atoms with Crippen molar-refractivity contribution in [1.82, 2.24) is 0 Å². The number of carbonyl (C=O) groups excluding carboxylic acids is 1. The second-order valence-corrected chi connectivity index (χ2v) is 7.82. The van der Waals surface area contributed by atoms with Crippen LogP contribution in [-0.2, 0) is 4.79 Å². The summed E-state index contributed by atoms with van der Waals surface area (Å²) in [6, 6.07) is 0.726. The normalized spacial score (nSPS) is 11.8. The van der Waals surface area contributed by atoms with Crippen LogP contribution in [0.1, 0.15) is 27.7 Å². The molecule has 0 atom stereocenters. The maximum Gasteiger partial charge on any atom is 0.155 e. The van der Waals surface area contributed by atoms with Crippen LogP contribution < -0.4 is 0 Å². The lowest BCUT2D eigenvalue weighted by Gasteiger charge is -2.24. The summed E-state index contributed by atoms with van der Waals surface area (Å²) in [5.74, 6) is 0.237. The summed E-state index contributed by atoms with van der Waals surface area (Å²) in [4.78, 5) is 11.3. The third kappa shape index (κ3) is 3.86. The molecular weight excluding hydrogens is 164 g/mol. The van der Waals surface area contributed by atoms with Crippen molar-refractivity contribution in [3.63, 3.8) is 0 Å². The van der Waals surface area contributed by atoms with Gasteiger partial charge >= 0.3 is 0 Å². The highest BCUT2D eigenvalue weighted by molar-refractivity contribution is 6.64. The molecule has 0 heterocycles. The number of hydrogen-bond donors (Lipinski definition) is 0. The van der Waals surface area contributed by atoms with Crippen molar-refractivity contribution in [2.45, 2.75) is 45.3 Å². The van der Waals surface area contributed by atoms with E-state index < -0.39 is 8.80 Å². The zero-order chi connectivity index (χ0) is 9.94. The van der Waals surface area contributed by atoms with Gasteiger partial charge in [-0.2, -0.15) is 0 Å². The molecule has 0 aliphatic carbocycles. The Morgan fingerprint density at radius 3 is 2.08 bits per heavy atom. The maximum absolute atomic E-state index is 11.3.